The summed E-state index contributed by atoms with van der Waals surface area (Å²) in [5, 5.41) is 12.7. The Hall–Kier alpha value is -2.96. The number of nitrogens with one attached hydrogen (secondary N) is 2. The first kappa shape index (κ1) is 12.5. The molecule has 0 spiro atoms. The Morgan fingerprint density at radius 3 is 2.32 bits per heavy atom. The van der Waals surface area contributed by atoms with Crippen molar-refractivity contribution in [1.29, 1.82) is 0 Å². The van der Waals surface area contributed by atoms with Crippen LogP contribution in [0.2, 0.25) is 0 Å². The molecule has 1 aliphatic heterocycles. The van der Waals surface area contributed by atoms with Crippen LogP contribution in [0.4, 0.5) is 4.79 Å². The first-order chi connectivity index (χ1) is 8.97. The van der Waals surface area contributed by atoms with Gasteiger partial charge in [0.25, 0.3) is 11.8 Å². The van der Waals surface area contributed by atoms with Gasteiger partial charge in [0.1, 0.15) is 5.57 Å². The van der Waals surface area contributed by atoms with Gasteiger partial charge in [0.15, 0.2) is 0 Å². The number of benzene rings is 1. The minimum atomic E-state index is -1.12. The topological polar surface area (TPSA) is 113 Å². The van der Waals surface area contributed by atoms with E-state index in [-0.39, 0.29) is 11.1 Å². The minimum absolute atomic E-state index is 0.0297. The number of carboxylic acid groups (broad SMARTS) is 1. The maximum Gasteiger partial charge on any atom is 0.335 e. The van der Waals surface area contributed by atoms with Gasteiger partial charge in [-0.25, -0.2) is 9.59 Å². The van der Waals surface area contributed by atoms with Gasteiger partial charge < -0.3 is 5.11 Å². The van der Waals surface area contributed by atoms with E-state index in [1.807, 2.05) is 10.6 Å². The molecule has 1 fully saturated rings. The number of rotatable bonds is 2. The van der Waals surface area contributed by atoms with E-state index in [0.29, 0.717) is 5.56 Å². The molecule has 0 aromatic heterocycles. The Kier molecular flexibility index (Phi) is 3.11. The van der Waals surface area contributed by atoms with Crippen molar-refractivity contribution in [3.05, 3.63) is 41.0 Å². The summed E-state index contributed by atoms with van der Waals surface area (Å²) >= 11 is 0. The average molecular weight is 260 g/mol. The lowest BCUT2D eigenvalue weighted by atomic mass is 10.1. The Bertz CT molecular complexity index is 611. The second-order valence-electron chi connectivity index (χ2n) is 3.73. The number of amides is 4. The number of carbonyl (C=O) groups excluding carboxylic acids is 3. The molecule has 0 aliphatic carbocycles. The van der Waals surface area contributed by atoms with E-state index in [1.54, 1.807) is 0 Å². The fourth-order valence-electron chi connectivity index (χ4n) is 1.53. The fraction of sp³-hybridized carbons (Fsp3) is 0. The summed E-state index contributed by atoms with van der Waals surface area (Å²) in [5.74, 6) is -2.77. The zero-order valence-electron chi connectivity index (χ0n) is 9.47. The molecule has 1 aromatic rings. The maximum absolute atomic E-state index is 11.5. The molecule has 1 heterocycles. The second kappa shape index (κ2) is 4.73. The highest BCUT2D eigenvalue weighted by atomic mass is 16.4. The van der Waals surface area contributed by atoms with Crippen LogP contribution in [-0.2, 0) is 9.59 Å². The van der Waals surface area contributed by atoms with E-state index in [0.717, 1.165) is 0 Å². The lowest BCUT2D eigenvalue weighted by Gasteiger charge is -2.13. The van der Waals surface area contributed by atoms with E-state index < -0.39 is 23.8 Å². The number of barbiturate groups is 1. The third-order valence-electron chi connectivity index (χ3n) is 2.39. The number of aromatic carboxylic acids is 1. The highest BCUT2D eigenvalue weighted by molar-refractivity contribution is 6.31. The molecule has 0 atom stereocenters. The molecule has 2 rings (SSSR count). The van der Waals surface area contributed by atoms with Crippen LogP contribution in [0.25, 0.3) is 6.08 Å². The van der Waals surface area contributed by atoms with Crippen molar-refractivity contribution >= 4 is 29.9 Å². The number of carbonyl (C=O) groups is 4. The van der Waals surface area contributed by atoms with Crippen molar-refractivity contribution in [2.24, 2.45) is 0 Å². The lowest BCUT2D eigenvalue weighted by molar-refractivity contribution is -0.123. The largest absolute Gasteiger partial charge is 0.478 e. The van der Waals surface area contributed by atoms with Crippen LogP contribution in [0.3, 0.4) is 0 Å². The van der Waals surface area contributed by atoms with Crippen molar-refractivity contribution in [2.45, 2.75) is 0 Å². The van der Waals surface area contributed by atoms with E-state index >= 15 is 0 Å². The molecule has 0 radical (unpaired) electrons. The Morgan fingerprint density at radius 1 is 1.11 bits per heavy atom. The van der Waals surface area contributed by atoms with Crippen LogP contribution in [0.15, 0.2) is 29.8 Å². The standard InChI is InChI=1S/C12H8N2O5/c15-9-8(10(16)14-12(19)13-9)5-6-2-1-3-7(4-6)11(17)18/h1-5H,(H,17,18)(H2,13,14,15,16,19). The van der Waals surface area contributed by atoms with Gasteiger partial charge >= 0.3 is 12.0 Å². The Morgan fingerprint density at radius 2 is 1.74 bits per heavy atom. The molecule has 7 heteroatoms. The molecule has 1 aliphatic rings. The van der Waals surface area contributed by atoms with Gasteiger partial charge in [0.05, 0.1) is 5.56 Å². The molecule has 0 unspecified atom stereocenters. The van der Waals surface area contributed by atoms with Crippen molar-refractivity contribution in [1.82, 2.24) is 10.6 Å². The zero-order valence-corrected chi connectivity index (χ0v) is 9.47. The predicted octanol–water partition coefficient (Wildman–Crippen LogP) is 0.134. The molecule has 0 saturated carbocycles. The minimum Gasteiger partial charge on any atom is -0.478 e. The Labute approximate surface area is 106 Å². The summed E-state index contributed by atoms with van der Waals surface area (Å²) in [6.07, 6.45) is 1.21. The number of imide groups is 2. The molecule has 1 aromatic carbocycles. The first-order valence-corrected chi connectivity index (χ1v) is 5.19. The molecule has 4 amide bonds. The first-order valence-electron chi connectivity index (χ1n) is 5.19. The van der Waals surface area contributed by atoms with Crippen LogP contribution in [0, 0.1) is 0 Å². The average Bonchev–Trinajstić information content (AvgIpc) is 2.34. The van der Waals surface area contributed by atoms with Gasteiger partial charge in [-0.3, -0.25) is 20.2 Å². The molecular weight excluding hydrogens is 252 g/mol. The molecule has 19 heavy (non-hydrogen) atoms. The third-order valence-corrected chi connectivity index (χ3v) is 2.39. The highest BCUT2D eigenvalue weighted by Gasteiger charge is 2.27. The fourth-order valence-corrected chi connectivity index (χ4v) is 1.53. The number of hydrogen-bond acceptors (Lipinski definition) is 4. The van der Waals surface area contributed by atoms with Gasteiger partial charge in [-0.05, 0) is 23.8 Å². The SMILES string of the molecule is O=C1NC(=O)C(=Cc2cccc(C(=O)O)c2)C(=O)N1. The molecule has 0 bridgehead atoms. The summed E-state index contributed by atoms with van der Waals surface area (Å²) in [6, 6.07) is 4.84. The van der Waals surface area contributed by atoms with Gasteiger partial charge in [-0.2, -0.15) is 0 Å². The van der Waals surface area contributed by atoms with Gasteiger partial charge in [-0.1, -0.05) is 12.1 Å². The molecule has 3 N–H and O–H groups in total. The molecule has 96 valence electrons. The molecule has 7 nitrogen and oxygen atoms in total. The molecule has 1 saturated heterocycles. The van der Waals surface area contributed by atoms with Gasteiger partial charge in [0, 0.05) is 0 Å². The van der Waals surface area contributed by atoms with Crippen LogP contribution in [0.5, 0.6) is 0 Å². The van der Waals surface area contributed by atoms with E-state index in [9.17, 15) is 19.2 Å². The predicted molar refractivity (Wildman–Crippen MR) is 63.1 cm³/mol. The highest BCUT2D eigenvalue weighted by Crippen LogP contribution is 2.12. The second-order valence-corrected chi connectivity index (χ2v) is 3.73. The van der Waals surface area contributed by atoms with Crippen LogP contribution in [0.1, 0.15) is 15.9 Å². The quantitative estimate of drug-likeness (QED) is 0.517. The smallest absolute Gasteiger partial charge is 0.335 e. The zero-order chi connectivity index (χ0) is 14.0. The summed E-state index contributed by atoms with van der Waals surface area (Å²) in [7, 11) is 0. The number of urea groups is 1. The van der Waals surface area contributed by atoms with Crippen molar-refractivity contribution in [2.75, 3.05) is 0 Å². The Balaban J connectivity index is 2.37. The summed E-state index contributed by atoms with van der Waals surface area (Å²) in [4.78, 5) is 44.6. The maximum atomic E-state index is 11.5. The van der Waals surface area contributed by atoms with Crippen molar-refractivity contribution < 1.29 is 24.3 Å². The third kappa shape index (κ3) is 2.65. The van der Waals surface area contributed by atoms with E-state index in [2.05, 4.69) is 0 Å². The normalized spacial score (nSPS) is 14.7. The lowest BCUT2D eigenvalue weighted by Crippen LogP contribution is -2.51. The van der Waals surface area contributed by atoms with E-state index in [1.165, 1.54) is 30.3 Å². The molecular formula is C12H8N2O5. The summed E-state index contributed by atoms with van der Waals surface area (Å²) in [5.41, 5.74) is 0.138. The van der Waals surface area contributed by atoms with Gasteiger partial charge in [-0.15, -0.1) is 0 Å². The van der Waals surface area contributed by atoms with Crippen LogP contribution in [-0.4, -0.2) is 28.9 Å². The number of carboxylic acids is 1. The summed E-state index contributed by atoms with van der Waals surface area (Å²) in [6.45, 7) is 0. The number of hydrogen-bond donors (Lipinski definition) is 3. The van der Waals surface area contributed by atoms with E-state index in [4.69, 9.17) is 5.11 Å². The van der Waals surface area contributed by atoms with Crippen molar-refractivity contribution in [3.8, 4) is 0 Å². The van der Waals surface area contributed by atoms with Crippen LogP contribution < -0.4 is 10.6 Å². The summed E-state index contributed by atoms with van der Waals surface area (Å²) < 4.78 is 0. The monoisotopic (exact) mass is 260 g/mol. The van der Waals surface area contributed by atoms with Crippen molar-refractivity contribution in [3.63, 3.8) is 0 Å². The van der Waals surface area contributed by atoms with Crippen LogP contribution >= 0.6 is 0 Å². The van der Waals surface area contributed by atoms with Gasteiger partial charge in [0.2, 0.25) is 0 Å².